The van der Waals surface area contributed by atoms with Crippen LogP contribution in [0, 0.1) is 0 Å². The minimum Gasteiger partial charge on any atom is -0.457 e. The number of nitrogens with two attached hydrogens (primary N) is 1. The highest BCUT2D eigenvalue weighted by Gasteiger charge is 2.25. The number of phosphoric ester groups is 1. The van der Waals surface area contributed by atoms with E-state index in [9.17, 15) is 14.3 Å². The summed E-state index contributed by atoms with van der Waals surface area (Å²) in [5.74, 6) is -0.395. The van der Waals surface area contributed by atoms with E-state index in [2.05, 4.69) is 98.9 Å². The van der Waals surface area contributed by atoms with Gasteiger partial charge in [-0.2, -0.15) is 0 Å². The summed E-state index contributed by atoms with van der Waals surface area (Å²) < 4.78 is 33.3. The van der Waals surface area contributed by atoms with E-state index in [4.69, 9.17) is 24.3 Å². The number of ether oxygens (including phenoxy) is 2. The summed E-state index contributed by atoms with van der Waals surface area (Å²) in [5, 5.41) is 0. The normalized spacial score (nSPS) is 14.5. The molecular weight excluding hydrogens is 673 g/mol. The fourth-order valence-electron chi connectivity index (χ4n) is 4.88. The van der Waals surface area contributed by atoms with Crippen molar-refractivity contribution >= 4 is 13.8 Å². The number of hydrogen-bond acceptors (Lipinski definition) is 7. The van der Waals surface area contributed by atoms with Gasteiger partial charge in [-0.25, -0.2) is 4.57 Å². The standard InChI is InChI=1S/C43H74NO7P/c1-3-5-7-9-11-13-15-17-19-21-22-24-26-28-30-32-34-36-43(45)51-42(41-50-52(46,47)49-39-37-44)40-48-38-35-33-31-29-27-25-23-20-18-16-14-12-10-8-6-4-2/h5,7,11-14,17-20,22,24,28,30,42H,3-4,6,8-10,15-16,21,23,25-27,29,31-41,44H2,1-2H3,(H,46,47)/b7-5-,13-11-,14-12-,19-17-,20-18-,24-22-,30-28-. The van der Waals surface area contributed by atoms with E-state index in [0.717, 1.165) is 70.6 Å². The van der Waals surface area contributed by atoms with Crippen LogP contribution >= 0.6 is 7.82 Å². The molecule has 0 radical (unpaired) electrons. The molecule has 0 aliphatic heterocycles. The zero-order valence-electron chi connectivity index (χ0n) is 32.8. The summed E-state index contributed by atoms with van der Waals surface area (Å²) in [6.07, 6.45) is 50.3. The zero-order valence-corrected chi connectivity index (χ0v) is 33.7. The van der Waals surface area contributed by atoms with Crippen molar-refractivity contribution in [2.75, 3.05) is 33.0 Å². The molecule has 0 spiro atoms. The minimum atomic E-state index is -4.30. The third kappa shape index (κ3) is 38.9. The molecule has 9 heteroatoms. The molecule has 0 rings (SSSR count). The number of carbonyl (C=O) groups excluding carboxylic acids is 1. The van der Waals surface area contributed by atoms with Crippen molar-refractivity contribution in [3.8, 4) is 0 Å². The van der Waals surface area contributed by atoms with E-state index < -0.39 is 19.9 Å². The van der Waals surface area contributed by atoms with Crippen LogP contribution in [0.2, 0.25) is 0 Å². The SMILES string of the molecule is CC/C=C\C/C=C\C/C=C\C/C=C\C/C=C\CCCC(=O)OC(COCCCCCCCC/C=C\C/C=C\CCCCC)COP(=O)(O)OCCN. The Balaban J connectivity index is 4.22. The summed E-state index contributed by atoms with van der Waals surface area (Å²) in [6.45, 7) is 4.65. The highest BCUT2D eigenvalue weighted by molar-refractivity contribution is 7.47. The minimum absolute atomic E-state index is 0.0810. The van der Waals surface area contributed by atoms with Gasteiger partial charge in [0, 0.05) is 19.6 Å². The van der Waals surface area contributed by atoms with Crippen molar-refractivity contribution in [1.29, 1.82) is 0 Å². The molecule has 0 saturated carbocycles. The van der Waals surface area contributed by atoms with Crippen LogP contribution in [0.5, 0.6) is 0 Å². The molecule has 0 aliphatic rings. The maximum atomic E-state index is 12.5. The van der Waals surface area contributed by atoms with E-state index in [0.29, 0.717) is 13.0 Å². The van der Waals surface area contributed by atoms with Crippen LogP contribution in [-0.4, -0.2) is 49.9 Å². The zero-order chi connectivity index (χ0) is 38.1. The van der Waals surface area contributed by atoms with Gasteiger partial charge in [-0.3, -0.25) is 13.8 Å². The van der Waals surface area contributed by atoms with Gasteiger partial charge in [0.05, 0.1) is 19.8 Å². The summed E-state index contributed by atoms with van der Waals surface area (Å²) in [7, 11) is -4.30. The molecule has 298 valence electrons. The molecule has 0 aromatic rings. The summed E-state index contributed by atoms with van der Waals surface area (Å²) in [6, 6.07) is 0. The lowest BCUT2D eigenvalue weighted by atomic mass is 10.1. The molecule has 0 amide bonds. The Hall–Kier alpha value is -2.32. The Bertz CT molecular complexity index is 1060. The lowest BCUT2D eigenvalue weighted by Crippen LogP contribution is -2.28. The van der Waals surface area contributed by atoms with Crippen molar-refractivity contribution in [1.82, 2.24) is 0 Å². The van der Waals surface area contributed by atoms with Gasteiger partial charge in [-0.15, -0.1) is 0 Å². The van der Waals surface area contributed by atoms with E-state index in [1.54, 1.807) is 0 Å². The van der Waals surface area contributed by atoms with E-state index in [-0.39, 0.29) is 32.8 Å². The first-order chi connectivity index (χ1) is 25.4. The number of phosphoric acid groups is 1. The second-order valence-corrected chi connectivity index (χ2v) is 14.2. The fraction of sp³-hybridized carbons (Fsp3) is 0.651. The van der Waals surface area contributed by atoms with Crippen molar-refractivity contribution in [2.24, 2.45) is 5.73 Å². The molecular formula is C43H74NO7P. The lowest BCUT2D eigenvalue weighted by molar-refractivity contribution is -0.154. The van der Waals surface area contributed by atoms with Crippen molar-refractivity contribution in [2.45, 2.75) is 148 Å². The lowest BCUT2D eigenvalue weighted by Gasteiger charge is -2.20. The topological polar surface area (TPSA) is 117 Å². The van der Waals surface area contributed by atoms with Gasteiger partial charge >= 0.3 is 13.8 Å². The number of allylic oxidation sites excluding steroid dienone is 14. The number of unbranched alkanes of at least 4 members (excludes halogenated alkanes) is 10. The Labute approximate surface area is 318 Å². The van der Waals surface area contributed by atoms with E-state index in [1.165, 1.54) is 44.9 Å². The predicted octanol–water partition coefficient (Wildman–Crippen LogP) is 11.7. The van der Waals surface area contributed by atoms with Crippen LogP contribution in [0.4, 0.5) is 0 Å². The van der Waals surface area contributed by atoms with Gasteiger partial charge in [0.15, 0.2) is 0 Å². The average molecular weight is 748 g/mol. The number of carbonyl (C=O) groups is 1. The average Bonchev–Trinajstić information content (AvgIpc) is 3.13. The molecule has 52 heavy (non-hydrogen) atoms. The quantitative estimate of drug-likeness (QED) is 0.0279. The Morgan fingerprint density at radius 2 is 1.08 bits per heavy atom. The first kappa shape index (κ1) is 49.7. The molecule has 0 aliphatic carbocycles. The summed E-state index contributed by atoms with van der Waals surface area (Å²) in [5.41, 5.74) is 5.35. The largest absolute Gasteiger partial charge is 0.472 e. The number of hydrogen-bond donors (Lipinski definition) is 2. The van der Waals surface area contributed by atoms with Gasteiger partial charge in [0.2, 0.25) is 0 Å². The van der Waals surface area contributed by atoms with Crippen LogP contribution in [0.25, 0.3) is 0 Å². The van der Waals surface area contributed by atoms with Crippen LogP contribution in [0.3, 0.4) is 0 Å². The maximum absolute atomic E-state index is 12.5. The molecule has 2 atom stereocenters. The molecule has 2 unspecified atom stereocenters. The van der Waals surface area contributed by atoms with Crippen molar-refractivity contribution in [3.63, 3.8) is 0 Å². The summed E-state index contributed by atoms with van der Waals surface area (Å²) >= 11 is 0. The third-order valence-electron chi connectivity index (χ3n) is 7.80. The van der Waals surface area contributed by atoms with Crippen LogP contribution in [-0.2, 0) is 27.9 Å². The molecule has 0 aromatic heterocycles. The Morgan fingerprint density at radius 3 is 1.62 bits per heavy atom. The van der Waals surface area contributed by atoms with Crippen molar-refractivity contribution < 1.29 is 32.8 Å². The number of esters is 1. The maximum Gasteiger partial charge on any atom is 0.472 e. The smallest absolute Gasteiger partial charge is 0.457 e. The van der Waals surface area contributed by atoms with Crippen LogP contribution in [0.1, 0.15) is 142 Å². The molecule has 0 aromatic carbocycles. The second kappa shape index (κ2) is 39.9. The van der Waals surface area contributed by atoms with Crippen LogP contribution < -0.4 is 5.73 Å². The van der Waals surface area contributed by atoms with E-state index >= 15 is 0 Å². The molecule has 0 bridgehead atoms. The van der Waals surface area contributed by atoms with E-state index in [1.807, 2.05) is 0 Å². The first-order valence-corrected chi connectivity index (χ1v) is 21.6. The van der Waals surface area contributed by atoms with Gasteiger partial charge in [-0.1, -0.05) is 137 Å². The van der Waals surface area contributed by atoms with Crippen molar-refractivity contribution in [3.05, 3.63) is 85.1 Å². The number of rotatable bonds is 37. The van der Waals surface area contributed by atoms with Crippen LogP contribution in [0.15, 0.2) is 85.1 Å². The van der Waals surface area contributed by atoms with Gasteiger partial charge in [-0.05, 0) is 83.5 Å². The highest BCUT2D eigenvalue weighted by Crippen LogP contribution is 2.43. The molecule has 3 N–H and O–H groups in total. The molecule has 0 fully saturated rings. The monoisotopic (exact) mass is 748 g/mol. The first-order valence-electron chi connectivity index (χ1n) is 20.1. The van der Waals surface area contributed by atoms with Gasteiger partial charge in [0.1, 0.15) is 6.10 Å². The van der Waals surface area contributed by atoms with Gasteiger partial charge in [0.25, 0.3) is 0 Å². The summed E-state index contributed by atoms with van der Waals surface area (Å²) in [4.78, 5) is 22.4. The van der Waals surface area contributed by atoms with Gasteiger partial charge < -0.3 is 20.1 Å². The molecule has 0 saturated heterocycles. The molecule has 8 nitrogen and oxygen atoms in total. The second-order valence-electron chi connectivity index (χ2n) is 12.8. The predicted molar refractivity (Wildman–Crippen MR) is 219 cm³/mol. The highest BCUT2D eigenvalue weighted by atomic mass is 31.2. The molecule has 0 heterocycles. The Kier molecular flexibility index (Phi) is 38.1. The fourth-order valence-corrected chi connectivity index (χ4v) is 5.65. The third-order valence-corrected chi connectivity index (χ3v) is 8.78. The Morgan fingerprint density at radius 1 is 0.596 bits per heavy atom.